The van der Waals surface area contributed by atoms with Gasteiger partial charge in [-0.2, -0.15) is 4.98 Å². The molecule has 3 N–H and O–H groups in total. The van der Waals surface area contributed by atoms with Gasteiger partial charge in [0.25, 0.3) is 11.5 Å². The van der Waals surface area contributed by atoms with Crippen LogP contribution in [0.15, 0.2) is 40.2 Å². The largest absolute Gasteiger partial charge is 0.469 e. The number of H-pyrrole nitrogens is 2. The number of hydrogen-bond acceptors (Lipinski definition) is 8. The highest BCUT2D eigenvalue weighted by atomic mass is 16.5. The number of hydrogen-bond donors (Lipinski definition) is 3. The SMILES string of the molecule is COC(=O)CCC(NC(=O)c1ccc(CCc2c[nH]c3nc(N=CN(C)C)[nH]c(=O)c23)cc1)C(=O)OC. The van der Waals surface area contributed by atoms with Gasteiger partial charge in [0, 0.05) is 32.3 Å². The maximum Gasteiger partial charge on any atom is 0.328 e. The number of aryl methyl sites for hydroxylation is 2. The van der Waals surface area contributed by atoms with E-state index in [1.165, 1.54) is 14.2 Å². The molecule has 3 rings (SSSR count). The van der Waals surface area contributed by atoms with E-state index in [1.807, 2.05) is 26.2 Å². The minimum absolute atomic E-state index is 0.0354. The van der Waals surface area contributed by atoms with E-state index in [0.29, 0.717) is 29.4 Å². The number of aromatic nitrogens is 3. The second-order valence-electron chi connectivity index (χ2n) is 8.50. The molecular formula is C25H30N6O6. The molecule has 0 spiro atoms. The molecule has 0 saturated carbocycles. The van der Waals surface area contributed by atoms with Crippen LogP contribution in [0.5, 0.6) is 0 Å². The van der Waals surface area contributed by atoms with Crippen LogP contribution < -0.4 is 10.9 Å². The summed E-state index contributed by atoms with van der Waals surface area (Å²) in [4.78, 5) is 64.6. The van der Waals surface area contributed by atoms with E-state index in [2.05, 4.69) is 30.0 Å². The third-order valence-electron chi connectivity index (χ3n) is 5.58. The smallest absolute Gasteiger partial charge is 0.328 e. The molecule has 12 heteroatoms. The first kappa shape index (κ1) is 27.1. The van der Waals surface area contributed by atoms with Gasteiger partial charge in [0.2, 0.25) is 5.95 Å². The molecule has 1 unspecified atom stereocenters. The number of aliphatic imine (C=N–C) groups is 1. The van der Waals surface area contributed by atoms with Crippen LogP contribution in [0.2, 0.25) is 0 Å². The molecule has 37 heavy (non-hydrogen) atoms. The standard InChI is InChI=1S/C25H30N6O6/c1-31(2)14-27-25-29-21-20(23(34)30-25)17(13-26-21)10-7-15-5-8-16(9-6-15)22(33)28-18(24(35)37-4)11-12-19(32)36-3/h5-6,8-9,13-14,18H,7,10-12H2,1-4H3,(H,28,33)(H2,26,29,30,34). The monoisotopic (exact) mass is 510 g/mol. The van der Waals surface area contributed by atoms with Crippen molar-refractivity contribution in [3.05, 3.63) is 57.5 Å². The van der Waals surface area contributed by atoms with E-state index in [9.17, 15) is 19.2 Å². The fraction of sp³-hybridized carbons (Fsp3) is 0.360. The van der Waals surface area contributed by atoms with Gasteiger partial charge in [-0.15, -0.1) is 0 Å². The maximum atomic E-state index is 12.6. The third-order valence-corrected chi connectivity index (χ3v) is 5.58. The molecule has 196 valence electrons. The van der Waals surface area contributed by atoms with Crippen molar-refractivity contribution in [2.24, 2.45) is 4.99 Å². The van der Waals surface area contributed by atoms with Crippen molar-refractivity contribution >= 4 is 41.2 Å². The lowest BCUT2D eigenvalue weighted by Crippen LogP contribution is -2.41. The number of nitrogens with zero attached hydrogens (tertiary/aromatic N) is 3. The van der Waals surface area contributed by atoms with Crippen LogP contribution in [0.1, 0.15) is 34.3 Å². The lowest BCUT2D eigenvalue weighted by atomic mass is 10.0. The van der Waals surface area contributed by atoms with Crippen molar-refractivity contribution in [2.45, 2.75) is 31.7 Å². The Kier molecular flexibility index (Phi) is 9.14. The van der Waals surface area contributed by atoms with Gasteiger partial charge in [0.15, 0.2) is 0 Å². The number of rotatable bonds is 11. The zero-order valence-electron chi connectivity index (χ0n) is 21.2. The highest BCUT2D eigenvalue weighted by Crippen LogP contribution is 2.17. The average Bonchev–Trinajstić information content (AvgIpc) is 3.31. The third kappa shape index (κ3) is 7.26. The number of fused-ring (bicyclic) bond motifs is 1. The number of ether oxygens (including phenoxy) is 2. The number of nitrogens with one attached hydrogen (secondary N) is 3. The van der Waals surface area contributed by atoms with Crippen LogP contribution in [0.25, 0.3) is 11.0 Å². The summed E-state index contributed by atoms with van der Waals surface area (Å²) in [5.74, 6) is -1.38. The Morgan fingerprint density at radius 3 is 2.51 bits per heavy atom. The number of benzene rings is 1. The Hall–Kier alpha value is -4.48. The van der Waals surface area contributed by atoms with E-state index in [4.69, 9.17) is 4.74 Å². The number of amides is 1. The van der Waals surface area contributed by atoms with Gasteiger partial charge in [-0.25, -0.2) is 9.79 Å². The predicted octanol–water partition coefficient (Wildman–Crippen LogP) is 1.48. The van der Waals surface area contributed by atoms with E-state index >= 15 is 0 Å². The molecule has 3 aromatic rings. The molecule has 0 aliphatic heterocycles. The van der Waals surface area contributed by atoms with Gasteiger partial charge < -0.3 is 24.7 Å². The normalized spacial score (nSPS) is 11.9. The summed E-state index contributed by atoms with van der Waals surface area (Å²) in [6.07, 6.45) is 4.54. The molecule has 0 bridgehead atoms. The Labute approximate surface area is 213 Å². The van der Waals surface area contributed by atoms with Crippen molar-refractivity contribution in [1.82, 2.24) is 25.2 Å². The molecule has 0 fully saturated rings. The first-order chi connectivity index (χ1) is 17.7. The first-order valence-electron chi connectivity index (χ1n) is 11.6. The summed E-state index contributed by atoms with van der Waals surface area (Å²) in [6, 6.07) is 5.94. The molecule has 0 radical (unpaired) electrons. The summed E-state index contributed by atoms with van der Waals surface area (Å²) in [6.45, 7) is 0. The zero-order chi connectivity index (χ0) is 26.9. The van der Waals surface area contributed by atoms with Crippen molar-refractivity contribution in [1.29, 1.82) is 0 Å². The number of carbonyl (C=O) groups is 3. The van der Waals surface area contributed by atoms with Crippen LogP contribution in [0.4, 0.5) is 5.95 Å². The molecular weight excluding hydrogens is 480 g/mol. The Morgan fingerprint density at radius 2 is 1.86 bits per heavy atom. The van der Waals surface area contributed by atoms with Crippen LogP contribution in [0.3, 0.4) is 0 Å². The fourth-order valence-electron chi connectivity index (χ4n) is 3.62. The number of methoxy groups -OCH3 is 2. The van der Waals surface area contributed by atoms with E-state index in [1.54, 1.807) is 29.6 Å². The van der Waals surface area contributed by atoms with Crippen LogP contribution in [-0.4, -0.2) is 78.4 Å². The first-order valence-corrected chi connectivity index (χ1v) is 11.6. The average molecular weight is 511 g/mol. The number of esters is 2. The fourth-order valence-corrected chi connectivity index (χ4v) is 3.62. The molecule has 12 nitrogen and oxygen atoms in total. The molecule has 2 heterocycles. The summed E-state index contributed by atoms with van der Waals surface area (Å²) >= 11 is 0. The molecule has 1 atom stereocenters. The van der Waals surface area contributed by atoms with E-state index in [-0.39, 0.29) is 24.3 Å². The highest BCUT2D eigenvalue weighted by molar-refractivity contribution is 5.96. The van der Waals surface area contributed by atoms with Crippen molar-refractivity contribution in [3.8, 4) is 0 Å². The molecule has 0 aliphatic carbocycles. The summed E-state index contributed by atoms with van der Waals surface area (Å²) in [7, 11) is 6.10. The van der Waals surface area contributed by atoms with Crippen LogP contribution in [-0.2, 0) is 31.9 Å². The molecule has 0 saturated heterocycles. The number of carbonyl (C=O) groups excluding carboxylic acids is 3. The Balaban J connectivity index is 1.64. The van der Waals surface area contributed by atoms with Crippen molar-refractivity contribution in [2.75, 3.05) is 28.3 Å². The summed E-state index contributed by atoms with van der Waals surface area (Å²) in [5, 5.41) is 3.09. The number of aromatic amines is 2. The van der Waals surface area contributed by atoms with E-state index in [0.717, 1.165) is 11.1 Å². The van der Waals surface area contributed by atoms with Gasteiger partial charge in [0.05, 0.1) is 25.9 Å². The maximum absolute atomic E-state index is 12.6. The minimum atomic E-state index is -0.973. The van der Waals surface area contributed by atoms with Gasteiger partial charge in [0.1, 0.15) is 11.7 Å². The second kappa shape index (κ2) is 12.5. The van der Waals surface area contributed by atoms with Crippen LogP contribution >= 0.6 is 0 Å². The van der Waals surface area contributed by atoms with Crippen LogP contribution in [0, 0.1) is 0 Å². The Bertz CT molecular complexity index is 1340. The lowest BCUT2D eigenvalue weighted by Gasteiger charge is -2.16. The van der Waals surface area contributed by atoms with Gasteiger partial charge >= 0.3 is 11.9 Å². The highest BCUT2D eigenvalue weighted by Gasteiger charge is 2.23. The predicted molar refractivity (Wildman–Crippen MR) is 137 cm³/mol. The molecule has 1 amide bonds. The summed E-state index contributed by atoms with van der Waals surface area (Å²) < 4.78 is 9.31. The van der Waals surface area contributed by atoms with Gasteiger partial charge in [-0.05, 0) is 42.5 Å². The molecule has 2 aromatic heterocycles. The zero-order valence-corrected chi connectivity index (χ0v) is 21.2. The minimum Gasteiger partial charge on any atom is -0.469 e. The van der Waals surface area contributed by atoms with Gasteiger partial charge in [-0.1, -0.05) is 12.1 Å². The lowest BCUT2D eigenvalue weighted by molar-refractivity contribution is -0.144. The molecule has 0 aliphatic rings. The van der Waals surface area contributed by atoms with E-state index < -0.39 is 23.9 Å². The quantitative estimate of drug-likeness (QED) is 0.199. The van der Waals surface area contributed by atoms with Gasteiger partial charge in [-0.3, -0.25) is 19.4 Å². The summed E-state index contributed by atoms with van der Waals surface area (Å²) in [5.41, 5.74) is 2.32. The van der Waals surface area contributed by atoms with Crippen molar-refractivity contribution < 1.29 is 23.9 Å². The topological polar surface area (TPSA) is 159 Å². The van der Waals surface area contributed by atoms with Crippen molar-refractivity contribution in [3.63, 3.8) is 0 Å². The Morgan fingerprint density at radius 1 is 1.14 bits per heavy atom. The molecule has 1 aromatic carbocycles. The second-order valence-corrected chi connectivity index (χ2v) is 8.50.